The number of carboxylic acid groups (broad SMARTS) is 1. The van der Waals surface area contributed by atoms with Crippen molar-refractivity contribution in [3.63, 3.8) is 0 Å². The van der Waals surface area contributed by atoms with Gasteiger partial charge in [0, 0.05) is 18.1 Å². The molecule has 3 N–H and O–H groups in total. The molecule has 2 unspecified atom stereocenters. The Bertz CT molecular complexity index is 693. The number of carboxylic acids is 1. The lowest BCUT2D eigenvalue weighted by molar-refractivity contribution is -0.142. The van der Waals surface area contributed by atoms with Gasteiger partial charge in [-0.1, -0.05) is 0 Å². The molecule has 8 heteroatoms. The molecule has 2 aromatic rings. The molecule has 1 fully saturated rings. The Kier molecular flexibility index (Phi) is 4.01. The lowest BCUT2D eigenvalue weighted by Gasteiger charge is -2.28. The Morgan fingerprint density at radius 2 is 2.18 bits per heavy atom. The number of hydrogen-bond donors (Lipinski definition) is 3. The Morgan fingerprint density at radius 1 is 1.36 bits per heavy atom. The third-order valence-electron chi connectivity index (χ3n) is 3.80. The van der Waals surface area contributed by atoms with Crippen LogP contribution in [0.15, 0.2) is 18.2 Å². The molecule has 2 heterocycles. The van der Waals surface area contributed by atoms with E-state index in [-0.39, 0.29) is 5.92 Å². The number of benzene rings is 1. The summed E-state index contributed by atoms with van der Waals surface area (Å²) >= 11 is 0. The number of aliphatic carboxylic acids is 1. The van der Waals surface area contributed by atoms with Crippen molar-refractivity contribution in [3.8, 4) is 0 Å². The normalized spacial score (nSPS) is 19.7. The second kappa shape index (κ2) is 6.10. The van der Waals surface area contributed by atoms with Crippen molar-refractivity contribution < 1.29 is 19.4 Å². The van der Waals surface area contributed by atoms with Crippen molar-refractivity contribution in [1.82, 2.24) is 20.7 Å². The van der Waals surface area contributed by atoms with Gasteiger partial charge in [0.15, 0.2) is 0 Å². The van der Waals surface area contributed by atoms with Crippen LogP contribution in [0.4, 0.5) is 0 Å². The molecule has 0 spiro atoms. The van der Waals surface area contributed by atoms with Gasteiger partial charge in [0.2, 0.25) is 0 Å². The molecule has 0 radical (unpaired) electrons. The average Bonchev–Trinajstić information content (AvgIpc) is 3.00. The van der Waals surface area contributed by atoms with Crippen LogP contribution in [0, 0.1) is 5.92 Å². The van der Waals surface area contributed by atoms with Crippen molar-refractivity contribution in [2.24, 2.45) is 5.92 Å². The van der Waals surface area contributed by atoms with Crippen LogP contribution >= 0.6 is 0 Å². The molecule has 2 atom stereocenters. The summed E-state index contributed by atoms with van der Waals surface area (Å²) in [7, 11) is 0. The Hall–Kier alpha value is -2.48. The number of aromatic nitrogens is 3. The van der Waals surface area contributed by atoms with E-state index in [9.17, 15) is 14.7 Å². The van der Waals surface area contributed by atoms with Crippen LogP contribution < -0.4 is 5.32 Å². The number of carbonyl (C=O) groups is 2. The maximum Gasteiger partial charge on any atom is 0.326 e. The van der Waals surface area contributed by atoms with Gasteiger partial charge >= 0.3 is 5.97 Å². The molecule has 1 aromatic carbocycles. The van der Waals surface area contributed by atoms with Crippen molar-refractivity contribution in [1.29, 1.82) is 0 Å². The lowest BCUT2D eigenvalue weighted by Crippen LogP contribution is -2.48. The zero-order valence-electron chi connectivity index (χ0n) is 11.8. The Morgan fingerprint density at radius 3 is 2.91 bits per heavy atom. The number of aromatic amines is 1. The summed E-state index contributed by atoms with van der Waals surface area (Å²) in [6.45, 7) is 0.985. The van der Waals surface area contributed by atoms with Gasteiger partial charge in [0.25, 0.3) is 5.91 Å². The molecule has 1 aromatic heterocycles. The maximum absolute atomic E-state index is 12.3. The lowest BCUT2D eigenvalue weighted by atomic mass is 9.93. The predicted octanol–water partition coefficient (Wildman–Crippen LogP) is 0.567. The zero-order chi connectivity index (χ0) is 15.5. The first-order valence-corrected chi connectivity index (χ1v) is 7.07. The van der Waals surface area contributed by atoms with Crippen LogP contribution in [0.1, 0.15) is 23.2 Å². The first-order valence-electron chi connectivity index (χ1n) is 7.07. The summed E-state index contributed by atoms with van der Waals surface area (Å²) in [4.78, 5) is 23.7. The molecule has 0 aliphatic carbocycles. The standard InChI is InChI=1S/C14H16N4O4/c19-13(8-3-4-10-11(6-8)17-18-16-10)15-12(14(20)21)9-2-1-5-22-7-9/h3-4,6,9,12H,1-2,5,7H2,(H,15,19)(H,20,21)(H,16,17,18). The minimum Gasteiger partial charge on any atom is -0.480 e. The van der Waals surface area contributed by atoms with Crippen LogP contribution in [-0.2, 0) is 9.53 Å². The number of amides is 1. The van der Waals surface area contributed by atoms with Crippen LogP contribution in [0.2, 0.25) is 0 Å². The van der Waals surface area contributed by atoms with Crippen LogP contribution in [0.5, 0.6) is 0 Å². The molecule has 1 saturated heterocycles. The highest BCUT2D eigenvalue weighted by molar-refractivity contribution is 5.99. The Balaban J connectivity index is 1.76. The number of hydrogen-bond acceptors (Lipinski definition) is 5. The minimum atomic E-state index is -1.05. The largest absolute Gasteiger partial charge is 0.480 e. The highest BCUT2D eigenvalue weighted by Gasteiger charge is 2.31. The quantitative estimate of drug-likeness (QED) is 0.760. The number of nitrogens with zero attached hydrogens (tertiary/aromatic N) is 2. The molecule has 8 nitrogen and oxygen atoms in total. The number of nitrogens with one attached hydrogen (secondary N) is 2. The molecule has 22 heavy (non-hydrogen) atoms. The van der Waals surface area contributed by atoms with Crippen molar-refractivity contribution >= 4 is 22.9 Å². The molecular formula is C14H16N4O4. The highest BCUT2D eigenvalue weighted by Crippen LogP contribution is 2.19. The SMILES string of the molecule is O=C(NC(C(=O)O)C1CCCOC1)c1ccc2n[nH]nc2c1. The molecule has 1 aliphatic heterocycles. The van der Waals surface area contributed by atoms with Crippen LogP contribution in [-0.4, -0.2) is 51.6 Å². The molecule has 1 aliphatic rings. The molecule has 0 saturated carbocycles. The zero-order valence-corrected chi connectivity index (χ0v) is 11.8. The second-order valence-corrected chi connectivity index (χ2v) is 5.29. The van der Waals surface area contributed by atoms with E-state index in [0.29, 0.717) is 29.8 Å². The van der Waals surface area contributed by atoms with Crippen molar-refractivity contribution in [2.75, 3.05) is 13.2 Å². The van der Waals surface area contributed by atoms with E-state index in [2.05, 4.69) is 20.7 Å². The highest BCUT2D eigenvalue weighted by atomic mass is 16.5. The fourth-order valence-corrected chi connectivity index (χ4v) is 2.62. The number of ether oxygens (including phenoxy) is 1. The van der Waals surface area contributed by atoms with Gasteiger partial charge in [-0.15, -0.1) is 0 Å². The summed E-state index contributed by atoms with van der Waals surface area (Å²) in [5.41, 5.74) is 1.55. The van der Waals surface area contributed by atoms with Gasteiger partial charge in [-0.05, 0) is 31.0 Å². The van der Waals surface area contributed by atoms with Gasteiger partial charge in [-0.2, -0.15) is 15.4 Å². The minimum absolute atomic E-state index is 0.217. The van der Waals surface area contributed by atoms with Crippen molar-refractivity contribution in [3.05, 3.63) is 23.8 Å². The first-order chi connectivity index (χ1) is 10.6. The summed E-state index contributed by atoms with van der Waals surface area (Å²) in [5, 5.41) is 22.2. The Labute approximate surface area is 125 Å². The van der Waals surface area contributed by atoms with E-state index >= 15 is 0 Å². The van der Waals surface area contributed by atoms with Gasteiger partial charge in [0.05, 0.1) is 6.61 Å². The number of H-pyrrole nitrogens is 1. The van der Waals surface area contributed by atoms with Gasteiger partial charge in [0.1, 0.15) is 17.1 Å². The summed E-state index contributed by atoms with van der Waals surface area (Å²) in [5.74, 6) is -1.71. The van der Waals surface area contributed by atoms with Gasteiger partial charge < -0.3 is 15.2 Å². The van der Waals surface area contributed by atoms with Gasteiger partial charge in [-0.3, -0.25) is 4.79 Å². The van der Waals surface area contributed by atoms with E-state index in [1.54, 1.807) is 18.2 Å². The summed E-state index contributed by atoms with van der Waals surface area (Å²) in [6.07, 6.45) is 1.52. The van der Waals surface area contributed by atoms with E-state index in [1.807, 2.05) is 0 Å². The summed E-state index contributed by atoms with van der Waals surface area (Å²) in [6, 6.07) is 3.87. The molecule has 1 amide bonds. The number of fused-ring (bicyclic) bond motifs is 1. The van der Waals surface area contributed by atoms with Crippen LogP contribution in [0.25, 0.3) is 11.0 Å². The number of rotatable bonds is 4. The third kappa shape index (κ3) is 2.91. The first kappa shape index (κ1) is 14.5. The van der Waals surface area contributed by atoms with Crippen molar-refractivity contribution in [2.45, 2.75) is 18.9 Å². The fourth-order valence-electron chi connectivity index (χ4n) is 2.62. The second-order valence-electron chi connectivity index (χ2n) is 5.29. The summed E-state index contributed by atoms with van der Waals surface area (Å²) < 4.78 is 5.31. The number of carbonyl (C=O) groups excluding carboxylic acids is 1. The smallest absolute Gasteiger partial charge is 0.326 e. The van der Waals surface area contributed by atoms with E-state index in [1.165, 1.54) is 0 Å². The third-order valence-corrected chi connectivity index (χ3v) is 3.80. The van der Waals surface area contributed by atoms with E-state index in [4.69, 9.17) is 4.74 Å². The van der Waals surface area contributed by atoms with E-state index in [0.717, 1.165) is 12.8 Å². The molecular weight excluding hydrogens is 288 g/mol. The van der Waals surface area contributed by atoms with E-state index < -0.39 is 17.9 Å². The van der Waals surface area contributed by atoms with Gasteiger partial charge in [-0.25, -0.2) is 4.79 Å². The predicted molar refractivity (Wildman–Crippen MR) is 76.3 cm³/mol. The topological polar surface area (TPSA) is 117 Å². The maximum atomic E-state index is 12.3. The molecule has 3 rings (SSSR count). The average molecular weight is 304 g/mol. The van der Waals surface area contributed by atoms with Crippen LogP contribution in [0.3, 0.4) is 0 Å². The fraction of sp³-hybridized carbons (Fsp3) is 0.429. The monoisotopic (exact) mass is 304 g/mol. The molecule has 116 valence electrons. The molecule has 0 bridgehead atoms.